The summed E-state index contributed by atoms with van der Waals surface area (Å²) in [5.74, 6) is 0.737. The van der Waals surface area contributed by atoms with Crippen LogP contribution in [0.3, 0.4) is 0 Å². The van der Waals surface area contributed by atoms with Crippen molar-refractivity contribution in [2.75, 3.05) is 26.7 Å². The molecule has 20 heavy (non-hydrogen) atoms. The fourth-order valence-corrected chi connectivity index (χ4v) is 3.24. The van der Waals surface area contributed by atoms with Gasteiger partial charge in [-0.25, -0.2) is 0 Å². The number of carbonyl (C=O) groups is 1. The Morgan fingerprint density at radius 3 is 2.65 bits per heavy atom. The van der Waals surface area contributed by atoms with Crippen molar-refractivity contribution in [3.8, 4) is 0 Å². The number of rotatable bonds is 6. The van der Waals surface area contributed by atoms with Crippen LogP contribution in [0.2, 0.25) is 0 Å². The number of nitrogens with one attached hydrogen (secondary N) is 1. The summed E-state index contributed by atoms with van der Waals surface area (Å²) in [5.41, 5.74) is 0. The molecule has 0 bridgehead atoms. The molecule has 2 aliphatic rings. The van der Waals surface area contributed by atoms with Gasteiger partial charge in [0.15, 0.2) is 0 Å². The van der Waals surface area contributed by atoms with Crippen LogP contribution < -0.4 is 5.32 Å². The van der Waals surface area contributed by atoms with Crippen LogP contribution in [0.15, 0.2) is 0 Å². The molecule has 1 N–H and O–H groups in total. The average molecular weight is 282 g/mol. The molecule has 0 aromatic carbocycles. The lowest BCUT2D eigenvalue weighted by Gasteiger charge is -2.44. The molecule has 2 atom stereocenters. The maximum atomic E-state index is 11.9. The van der Waals surface area contributed by atoms with Crippen molar-refractivity contribution in [2.24, 2.45) is 11.8 Å². The van der Waals surface area contributed by atoms with Gasteiger partial charge in [0.1, 0.15) is 0 Å². The molecule has 0 amide bonds. The largest absolute Gasteiger partial charge is 0.469 e. The minimum atomic E-state index is -0.0373. The molecule has 0 radical (unpaired) electrons. The second kappa shape index (κ2) is 7.41. The van der Waals surface area contributed by atoms with Gasteiger partial charge >= 0.3 is 5.97 Å². The Hall–Kier alpha value is -0.610. The van der Waals surface area contributed by atoms with Gasteiger partial charge in [-0.05, 0) is 38.1 Å². The van der Waals surface area contributed by atoms with E-state index in [4.69, 9.17) is 4.74 Å². The van der Waals surface area contributed by atoms with Crippen molar-refractivity contribution in [1.82, 2.24) is 10.2 Å². The van der Waals surface area contributed by atoms with E-state index < -0.39 is 0 Å². The molecule has 116 valence electrons. The SMILES string of the molecule is COC(=O)C1CC(NCCC(C)C)CN(C2CCC2)C1. The molecule has 1 aliphatic carbocycles. The van der Waals surface area contributed by atoms with Crippen molar-refractivity contribution in [1.29, 1.82) is 0 Å². The van der Waals surface area contributed by atoms with Crippen LogP contribution in [0.5, 0.6) is 0 Å². The van der Waals surface area contributed by atoms with E-state index in [-0.39, 0.29) is 11.9 Å². The Morgan fingerprint density at radius 1 is 1.35 bits per heavy atom. The van der Waals surface area contributed by atoms with Crippen molar-refractivity contribution in [3.63, 3.8) is 0 Å². The Bertz CT molecular complexity index is 316. The minimum Gasteiger partial charge on any atom is -0.469 e. The number of ether oxygens (including phenoxy) is 1. The molecular weight excluding hydrogens is 252 g/mol. The van der Waals surface area contributed by atoms with Crippen molar-refractivity contribution >= 4 is 5.97 Å². The Kier molecular flexibility index (Phi) is 5.85. The van der Waals surface area contributed by atoms with E-state index in [1.165, 1.54) is 32.8 Å². The van der Waals surface area contributed by atoms with Crippen LogP contribution in [0.25, 0.3) is 0 Å². The number of methoxy groups -OCH3 is 1. The molecule has 4 heteroatoms. The Balaban J connectivity index is 1.87. The van der Waals surface area contributed by atoms with E-state index >= 15 is 0 Å². The predicted molar refractivity (Wildman–Crippen MR) is 80.6 cm³/mol. The minimum absolute atomic E-state index is 0.0373. The highest BCUT2D eigenvalue weighted by molar-refractivity contribution is 5.72. The van der Waals surface area contributed by atoms with Crippen LogP contribution in [0.4, 0.5) is 0 Å². The van der Waals surface area contributed by atoms with Gasteiger partial charge in [0, 0.05) is 25.2 Å². The van der Waals surface area contributed by atoms with Gasteiger partial charge < -0.3 is 10.1 Å². The zero-order valence-electron chi connectivity index (χ0n) is 13.2. The average Bonchev–Trinajstić information content (AvgIpc) is 2.35. The molecule has 2 fully saturated rings. The summed E-state index contributed by atoms with van der Waals surface area (Å²) in [6.07, 6.45) is 6.06. The highest BCUT2D eigenvalue weighted by Crippen LogP contribution is 2.29. The van der Waals surface area contributed by atoms with E-state index in [1.54, 1.807) is 0 Å². The van der Waals surface area contributed by atoms with Crippen molar-refractivity contribution < 1.29 is 9.53 Å². The number of hydrogen-bond acceptors (Lipinski definition) is 4. The van der Waals surface area contributed by atoms with E-state index in [1.807, 2.05) is 0 Å². The van der Waals surface area contributed by atoms with Crippen LogP contribution >= 0.6 is 0 Å². The Labute approximate surface area is 123 Å². The maximum absolute atomic E-state index is 11.9. The van der Waals surface area contributed by atoms with Gasteiger partial charge in [0.05, 0.1) is 13.0 Å². The Morgan fingerprint density at radius 2 is 2.10 bits per heavy atom. The smallest absolute Gasteiger partial charge is 0.310 e. The summed E-state index contributed by atoms with van der Waals surface area (Å²) in [5, 5.41) is 3.65. The molecule has 0 aromatic rings. The number of carbonyl (C=O) groups excluding carboxylic acids is 1. The van der Waals surface area contributed by atoms with Gasteiger partial charge in [-0.15, -0.1) is 0 Å². The standard InChI is InChI=1S/C16H30N2O2/c1-12(2)7-8-17-14-9-13(16(19)20-3)10-18(11-14)15-5-4-6-15/h12-15,17H,4-11H2,1-3H3. The topological polar surface area (TPSA) is 41.6 Å². The number of nitrogens with zero attached hydrogens (tertiary/aromatic N) is 1. The molecule has 1 aliphatic heterocycles. The summed E-state index contributed by atoms with van der Waals surface area (Å²) in [4.78, 5) is 14.4. The van der Waals surface area contributed by atoms with Gasteiger partial charge in [0.2, 0.25) is 0 Å². The second-order valence-electron chi connectivity index (χ2n) is 6.83. The summed E-state index contributed by atoms with van der Waals surface area (Å²) < 4.78 is 4.97. The van der Waals surface area contributed by atoms with Crippen LogP contribution in [-0.2, 0) is 9.53 Å². The maximum Gasteiger partial charge on any atom is 0.310 e. The molecule has 1 saturated heterocycles. The lowest BCUT2D eigenvalue weighted by atomic mass is 9.86. The lowest BCUT2D eigenvalue weighted by Crippen LogP contribution is -2.55. The van der Waals surface area contributed by atoms with E-state index in [0.717, 1.165) is 32.0 Å². The second-order valence-corrected chi connectivity index (χ2v) is 6.83. The summed E-state index contributed by atoms with van der Waals surface area (Å²) in [6, 6.07) is 1.14. The van der Waals surface area contributed by atoms with Crippen LogP contribution in [0, 0.1) is 11.8 Å². The fraction of sp³-hybridized carbons (Fsp3) is 0.938. The monoisotopic (exact) mass is 282 g/mol. The first-order chi connectivity index (χ1) is 9.60. The van der Waals surface area contributed by atoms with E-state index in [0.29, 0.717) is 12.1 Å². The summed E-state index contributed by atoms with van der Waals surface area (Å²) >= 11 is 0. The summed E-state index contributed by atoms with van der Waals surface area (Å²) in [6.45, 7) is 7.53. The molecule has 4 nitrogen and oxygen atoms in total. The van der Waals surface area contributed by atoms with Crippen LogP contribution in [0.1, 0.15) is 46.0 Å². The first-order valence-corrected chi connectivity index (χ1v) is 8.15. The molecule has 1 heterocycles. The normalized spacial score (nSPS) is 28.4. The molecular formula is C16H30N2O2. The van der Waals surface area contributed by atoms with Gasteiger partial charge in [-0.3, -0.25) is 9.69 Å². The van der Waals surface area contributed by atoms with Gasteiger partial charge in [0.25, 0.3) is 0 Å². The molecule has 0 spiro atoms. The number of hydrogen-bond donors (Lipinski definition) is 1. The molecule has 0 aromatic heterocycles. The third-order valence-corrected chi connectivity index (χ3v) is 4.76. The zero-order chi connectivity index (χ0) is 14.5. The van der Waals surface area contributed by atoms with Crippen LogP contribution in [-0.4, -0.2) is 49.7 Å². The molecule has 1 saturated carbocycles. The van der Waals surface area contributed by atoms with E-state index in [2.05, 4.69) is 24.1 Å². The lowest BCUT2D eigenvalue weighted by molar-refractivity contribution is -0.148. The predicted octanol–water partition coefficient (Wildman–Crippen LogP) is 2.04. The van der Waals surface area contributed by atoms with E-state index in [9.17, 15) is 4.79 Å². The van der Waals surface area contributed by atoms with Crippen molar-refractivity contribution in [2.45, 2.75) is 58.0 Å². The zero-order valence-corrected chi connectivity index (χ0v) is 13.2. The highest BCUT2D eigenvalue weighted by atomic mass is 16.5. The van der Waals surface area contributed by atoms with Gasteiger partial charge in [-0.1, -0.05) is 20.3 Å². The van der Waals surface area contributed by atoms with Gasteiger partial charge in [-0.2, -0.15) is 0 Å². The quantitative estimate of drug-likeness (QED) is 0.757. The number of likely N-dealkylation sites (tertiary alicyclic amines) is 1. The highest BCUT2D eigenvalue weighted by Gasteiger charge is 2.36. The molecule has 2 rings (SSSR count). The number of piperidine rings is 1. The first kappa shape index (κ1) is 15.8. The first-order valence-electron chi connectivity index (χ1n) is 8.15. The van der Waals surface area contributed by atoms with Crippen molar-refractivity contribution in [3.05, 3.63) is 0 Å². The third kappa shape index (κ3) is 4.19. The summed E-state index contributed by atoms with van der Waals surface area (Å²) in [7, 11) is 1.51. The third-order valence-electron chi connectivity index (χ3n) is 4.76. The molecule has 2 unspecified atom stereocenters. The fourth-order valence-electron chi connectivity index (χ4n) is 3.24. The number of esters is 1.